The second kappa shape index (κ2) is 4.23. The van der Waals surface area contributed by atoms with Crippen molar-refractivity contribution >= 4 is 5.96 Å². The molecule has 7 unspecified atom stereocenters. The maximum atomic E-state index is 11.2. The van der Waals surface area contributed by atoms with Gasteiger partial charge in [0.25, 0.3) is 0 Å². The highest BCUT2D eigenvalue weighted by Gasteiger charge is 2.88. The molecule has 1 saturated carbocycles. The number of aliphatic hydroxyl groups excluding tert-OH is 1. The van der Waals surface area contributed by atoms with E-state index in [1.54, 1.807) is 13.8 Å². The summed E-state index contributed by atoms with van der Waals surface area (Å²) in [6.45, 7) is 3.75. The van der Waals surface area contributed by atoms with E-state index in [9.17, 15) is 10.2 Å². The van der Waals surface area contributed by atoms with E-state index in [-0.39, 0.29) is 30.9 Å². The lowest BCUT2D eigenvalue weighted by atomic mass is 9.56. The van der Waals surface area contributed by atoms with Gasteiger partial charge in [-0.1, -0.05) is 0 Å². The summed E-state index contributed by atoms with van der Waals surface area (Å²) in [4.78, 5) is 4.28. The number of ether oxygens (including phenoxy) is 5. The predicted octanol–water partition coefficient (Wildman–Crippen LogP) is -5.67. The van der Waals surface area contributed by atoms with Crippen LogP contribution in [0.4, 0.5) is 0 Å². The summed E-state index contributed by atoms with van der Waals surface area (Å²) in [6.07, 6.45) is -4.11. The highest BCUT2D eigenvalue weighted by Crippen LogP contribution is 2.65. The number of hydrogen-bond donors (Lipinski definition) is 4. The average Bonchev–Trinajstić information content (AvgIpc) is 2.87. The van der Waals surface area contributed by atoms with Crippen molar-refractivity contribution in [2.45, 2.75) is 67.4 Å². The minimum absolute atomic E-state index is 0. The van der Waals surface area contributed by atoms with Gasteiger partial charge in [0.15, 0.2) is 29.7 Å². The van der Waals surface area contributed by atoms with Crippen molar-refractivity contribution in [2.75, 3.05) is 6.61 Å². The van der Waals surface area contributed by atoms with Crippen LogP contribution in [0.3, 0.4) is 0 Å². The molecule has 6 heterocycles. The molecule has 2 spiro atoms. The van der Waals surface area contributed by atoms with Crippen molar-refractivity contribution in [1.82, 2.24) is 5.32 Å². The summed E-state index contributed by atoms with van der Waals surface area (Å²) in [5.74, 6) is -3.07. The largest absolute Gasteiger partial charge is 1.00 e. The Balaban J connectivity index is 0.00000140. The summed E-state index contributed by atoms with van der Waals surface area (Å²) in [7, 11) is 0. The van der Waals surface area contributed by atoms with Crippen LogP contribution in [0.15, 0.2) is 4.99 Å². The Morgan fingerprint density at radius 3 is 2.68 bits per heavy atom. The summed E-state index contributed by atoms with van der Waals surface area (Å²) >= 11 is 0. The van der Waals surface area contributed by atoms with Crippen molar-refractivity contribution in [3.05, 3.63) is 0 Å². The Morgan fingerprint density at radius 2 is 2.00 bits per heavy atom. The fraction of sp³-hybridized carbons (Fsp3) is 0.929. The van der Waals surface area contributed by atoms with Gasteiger partial charge in [-0.2, -0.15) is 0 Å². The molecule has 1 aliphatic carbocycles. The van der Waals surface area contributed by atoms with Crippen LogP contribution in [0.25, 0.3) is 0 Å². The van der Waals surface area contributed by atoms with Gasteiger partial charge < -0.3 is 57.4 Å². The minimum atomic E-state index is -1.99. The molecule has 6 aliphatic heterocycles. The van der Waals surface area contributed by atoms with E-state index >= 15 is 0 Å². The molecule has 11 heteroatoms. The maximum Gasteiger partial charge on any atom is 0.311 e. The minimum Gasteiger partial charge on any atom is -1.00 e. The first kappa shape index (κ1) is 16.5. The van der Waals surface area contributed by atoms with E-state index in [0.717, 1.165) is 0 Å². The van der Waals surface area contributed by atoms with Gasteiger partial charge in [0.1, 0.15) is 23.9 Å². The van der Waals surface area contributed by atoms with E-state index in [1.165, 1.54) is 0 Å². The number of guanidine groups is 1. The SMILES string of the molecule is CC1(C)OCC2(O1)C1OC3(O)OC2[C@H](O)C24NC(N)=NC(O[C@H]32)C14.[Cl-]. The predicted molar refractivity (Wildman–Crippen MR) is 74.2 cm³/mol. The van der Waals surface area contributed by atoms with E-state index in [1.807, 2.05) is 0 Å². The molecule has 9 atom stereocenters. The second-order valence-corrected chi connectivity index (χ2v) is 7.90. The number of aliphatic imine (C=N–C) groups is 1. The van der Waals surface area contributed by atoms with Crippen LogP contribution in [0.2, 0.25) is 0 Å². The molecular formula is C14H19ClN3O7-. The molecule has 0 aromatic heterocycles. The molecule has 140 valence electrons. The maximum absolute atomic E-state index is 11.2. The van der Waals surface area contributed by atoms with E-state index in [0.29, 0.717) is 0 Å². The number of nitrogens with two attached hydrogens (primary N) is 1. The smallest absolute Gasteiger partial charge is 0.311 e. The van der Waals surface area contributed by atoms with Crippen LogP contribution < -0.4 is 23.5 Å². The number of halogens is 1. The second-order valence-electron chi connectivity index (χ2n) is 7.90. The molecule has 25 heavy (non-hydrogen) atoms. The molecule has 10 nitrogen and oxygen atoms in total. The zero-order valence-corrected chi connectivity index (χ0v) is 14.3. The Bertz CT molecular complexity index is 693. The van der Waals surface area contributed by atoms with E-state index in [2.05, 4.69) is 10.3 Å². The van der Waals surface area contributed by atoms with Crippen molar-refractivity contribution in [3.8, 4) is 0 Å². The molecule has 5 N–H and O–H groups in total. The van der Waals surface area contributed by atoms with Gasteiger partial charge in [0.05, 0.1) is 12.5 Å². The van der Waals surface area contributed by atoms with Crippen LogP contribution in [0.5, 0.6) is 0 Å². The third kappa shape index (κ3) is 1.52. The summed E-state index contributed by atoms with van der Waals surface area (Å²) < 4.78 is 29.4. The van der Waals surface area contributed by atoms with Gasteiger partial charge in [-0.15, -0.1) is 0 Å². The lowest BCUT2D eigenvalue weighted by molar-refractivity contribution is -0.528. The third-order valence-electron chi connectivity index (χ3n) is 6.25. The highest BCUT2D eigenvalue weighted by molar-refractivity contribution is 5.80. The number of aliphatic hydroxyl groups is 2. The molecule has 7 bridgehead atoms. The van der Waals surface area contributed by atoms with Gasteiger partial charge in [0, 0.05) is 0 Å². The summed E-state index contributed by atoms with van der Waals surface area (Å²) in [5.41, 5.74) is 3.79. The Hall–Kier alpha value is -0.720. The first-order chi connectivity index (χ1) is 11.2. The Labute approximate surface area is 149 Å². The molecule has 6 fully saturated rings. The monoisotopic (exact) mass is 376 g/mol. The molecule has 5 saturated heterocycles. The van der Waals surface area contributed by atoms with Crippen LogP contribution in [-0.4, -0.2) is 76.3 Å². The van der Waals surface area contributed by atoms with Crippen LogP contribution in [0, 0.1) is 5.92 Å². The van der Waals surface area contributed by atoms with E-state index < -0.39 is 53.5 Å². The summed E-state index contributed by atoms with van der Waals surface area (Å²) in [5, 5.41) is 25.1. The van der Waals surface area contributed by atoms with Crippen LogP contribution >= 0.6 is 0 Å². The molecule has 0 amide bonds. The fourth-order valence-corrected chi connectivity index (χ4v) is 5.53. The van der Waals surface area contributed by atoms with Crippen LogP contribution in [-0.2, 0) is 23.7 Å². The molecule has 7 rings (SSSR count). The van der Waals surface area contributed by atoms with Gasteiger partial charge >= 0.3 is 5.97 Å². The highest BCUT2D eigenvalue weighted by atomic mass is 35.5. The zero-order chi connectivity index (χ0) is 16.7. The molecule has 0 radical (unpaired) electrons. The Morgan fingerprint density at radius 1 is 1.28 bits per heavy atom. The van der Waals surface area contributed by atoms with Crippen LogP contribution in [0.1, 0.15) is 13.8 Å². The third-order valence-corrected chi connectivity index (χ3v) is 6.25. The van der Waals surface area contributed by atoms with Gasteiger partial charge in [0.2, 0.25) is 0 Å². The standard InChI is InChI=1S/C14H19N3O7.ClH/c1-11(2)20-3-12(24-11)6-4-8-16-10(15)17-13(4)5(18)7(12)23-14(19,22-6)9(13)21-8;/h4-9,18-19H,3H2,1-2H3,(H3,15,16,17);1H/p-1/t4?,5-,6?,7?,8?,9-,12?,13?,14?;/m0./s1. The number of nitrogens with zero attached hydrogens (tertiary/aromatic N) is 1. The lowest BCUT2D eigenvalue weighted by Crippen LogP contribution is -3.00. The van der Waals surface area contributed by atoms with Crippen molar-refractivity contribution in [3.63, 3.8) is 0 Å². The normalized spacial score (nSPS) is 61.8. The van der Waals surface area contributed by atoms with Crippen molar-refractivity contribution in [1.29, 1.82) is 0 Å². The Kier molecular flexibility index (Phi) is 2.78. The van der Waals surface area contributed by atoms with Gasteiger partial charge in [-0.05, 0) is 13.8 Å². The fourth-order valence-electron chi connectivity index (χ4n) is 5.53. The first-order valence-corrected chi connectivity index (χ1v) is 8.09. The zero-order valence-electron chi connectivity index (χ0n) is 13.5. The lowest BCUT2D eigenvalue weighted by Gasteiger charge is -2.68. The van der Waals surface area contributed by atoms with E-state index in [4.69, 9.17) is 29.4 Å². The first-order valence-electron chi connectivity index (χ1n) is 8.09. The molecular weight excluding hydrogens is 358 g/mol. The van der Waals surface area contributed by atoms with Crippen molar-refractivity contribution in [2.24, 2.45) is 16.6 Å². The molecule has 0 aromatic rings. The van der Waals surface area contributed by atoms with Gasteiger partial charge in [-0.25, -0.2) is 4.99 Å². The average molecular weight is 377 g/mol. The summed E-state index contributed by atoms with van der Waals surface area (Å²) in [6, 6.07) is 0. The number of nitrogens with one attached hydrogen (secondary N) is 1. The molecule has 0 aromatic carbocycles. The number of hydrogen-bond acceptors (Lipinski definition) is 10. The number of rotatable bonds is 0. The van der Waals surface area contributed by atoms with Crippen molar-refractivity contribution < 1.29 is 46.3 Å². The quantitative estimate of drug-likeness (QED) is 0.326. The topological polar surface area (TPSA) is 137 Å². The van der Waals surface area contributed by atoms with Gasteiger partial charge in [-0.3, -0.25) is 0 Å². The molecule has 7 aliphatic rings.